The molecule has 0 heteroatoms. The van der Waals surface area contributed by atoms with Crippen molar-refractivity contribution in [1.29, 1.82) is 0 Å². The summed E-state index contributed by atoms with van der Waals surface area (Å²) in [7, 11) is 0. The van der Waals surface area contributed by atoms with Crippen molar-refractivity contribution >= 4 is 0 Å². The highest BCUT2D eigenvalue weighted by atomic mass is 14.3. The minimum atomic E-state index is 0.455. The third-order valence-electron chi connectivity index (χ3n) is 4.67. The topological polar surface area (TPSA) is 0 Å². The van der Waals surface area contributed by atoms with E-state index in [4.69, 9.17) is 0 Å². The SMILES string of the molecule is C=CC(=CC)C(=CC)C(C)C1=CC=C(C)C(C)C1C. The van der Waals surface area contributed by atoms with E-state index in [2.05, 4.69) is 72.4 Å². The van der Waals surface area contributed by atoms with E-state index in [1.807, 2.05) is 6.08 Å². The van der Waals surface area contributed by atoms with Crippen molar-refractivity contribution in [1.82, 2.24) is 0 Å². The largest absolute Gasteiger partial charge is 0.0985 e. The minimum absolute atomic E-state index is 0.455. The Kier molecular flexibility index (Phi) is 5.60. The van der Waals surface area contributed by atoms with Gasteiger partial charge in [0.15, 0.2) is 0 Å². The molecule has 1 aliphatic carbocycles. The molecular weight excluding hydrogens is 228 g/mol. The Morgan fingerprint density at radius 1 is 1.16 bits per heavy atom. The van der Waals surface area contributed by atoms with E-state index in [1.165, 1.54) is 22.3 Å². The summed E-state index contributed by atoms with van der Waals surface area (Å²) in [6, 6.07) is 0. The van der Waals surface area contributed by atoms with E-state index in [9.17, 15) is 0 Å². The van der Waals surface area contributed by atoms with Crippen LogP contribution in [0.1, 0.15) is 41.5 Å². The zero-order chi connectivity index (χ0) is 14.6. The molecule has 3 atom stereocenters. The molecule has 0 aromatic heterocycles. The molecule has 0 spiro atoms. The average Bonchev–Trinajstić information content (AvgIpc) is 2.41. The van der Waals surface area contributed by atoms with Crippen molar-refractivity contribution in [3.63, 3.8) is 0 Å². The maximum atomic E-state index is 3.93. The molecular formula is C19H28. The molecule has 0 fully saturated rings. The summed E-state index contributed by atoms with van der Waals surface area (Å²) < 4.78 is 0. The van der Waals surface area contributed by atoms with Gasteiger partial charge in [0.1, 0.15) is 0 Å². The second-order valence-electron chi connectivity index (χ2n) is 5.57. The number of hydrogen-bond donors (Lipinski definition) is 0. The van der Waals surface area contributed by atoms with E-state index >= 15 is 0 Å². The van der Waals surface area contributed by atoms with Crippen molar-refractivity contribution < 1.29 is 0 Å². The lowest BCUT2D eigenvalue weighted by Gasteiger charge is -2.32. The van der Waals surface area contributed by atoms with Crippen LogP contribution < -0.4 is 0 Å². The van der Waals surface area contributed by atoms with E-state index in [-0.39, 0.29) is 0 Å². The van der Waals surface area contributed by atoms with Crippen LogP contribution in [-0.4, -0.2) is 0 Å². The van der Waals surface area contributed by atoms with Crippen LogP contribution in [-0.2, 0) is 0 Å². The lowest BCUT2D eigenvalue weighted by Crippen LogP contribution is -2.20. The van der Waals surface area contributed by atoms with Crippen LogP contribution in [0.2, 0.25) is 0 Å². The van der Waals surface area contributed by atoms with Gasteiger partial charge in [0.25, 0.3) is 0 Å². The van der Waals surface area contributed by atoms with Crippen molar-refractivity contribution in [3.8, 4) is 0 Å². The van der Waals surface area contributed by atoms with Gasteiger partial charge in [0, 0.05) is 5.92 Å². The fourth-order valence-corrected chi connectivity index (χ4v) is 3.00. The highest BCUT2D eigenvalue weighted by Gasteiger charge is 2.26. The first-order valence-electron chi connectivity index (χ1n) is 7.31. The summed E-state index contributed by atoms with van der Waals surface area (Å²) in [6.07, 6.45) is 10.9. The fourth-order valence-electron chi connectivity index (χ4n) is 3.00. The Balaban J connectivity index is 3.13. The molecule has 0 N–H and O–H groups in total. The number of allylic oxidation sites excluding steroid dienone is 9. The predicted octanol–water partition coefficient (Wildman–Crippen LogP) is 5.86. The molecule has 1 aliphatic rings. The highest BCUT2D eigenvalue weighted by molar-refractivity contribution is 5.45. The molecule has 0 saturated heterocycles. The molecule has 0 saturated carbocycles. The summed E-state index contributed by atoms with van der Waals surface area (Å²) in [5, 5.41) is 0. The van der Waals surface area contributed by atoms with Crippen LogP contribution in [0.5, 0.6) is 0 Å². The maximum Gasteiger partial charge on any atom is 0.00283 e. The monoisotopic (exact) mass is 256 g/mol. The minimum Gasteiger partial charge on any atom is -0.0985 e. The summed E-state index contributed by atoms with van der Waals surface area (Å²) in [6.45, 7) is 17.4. The van der Waals surface area contributed by atoms with Crippen LogP contribution in [0.25, 0.3) is 0 Å². The van der Waals surface area contributed by atoms with Crippen LogP contribution in [0.4, 0.5) is 0 Å². The van der Waals surface area contributed by atoms with E-state index < -0.39 is 0 Å². The van der Waals surface area contributed by atoms with Gasteiger partial charge in [0.2, 0.25) is 0 Å². The molecule has 3 unspecified atom stereocenters. The molecule has 0 bridgehead atoms. The van der Waals surface area contributed by atoms with E-state index in [0.29, 0.717) is 17.8 Å². The summed E-state index contributed by atoms with van der Waals surface area (Å²) in [4.78, 5) is 0. The summed E-state index contributed by atoms with van der Waals surface area (Å²) in [5.74, 6) is 1.70. The lowest BCUT2D eigenvalue weighted by molar-refractivity contribution is 0.462. The van der Waals surface area contributed by atoms with Crippen LogP contribution >= 0.6 is 0 Å². The second kappa shape index (κ2) is 6.75. The molecule has 0 aromatic rings. The van der Waals surface area contributed by atoms with Crippen molar-refractivity contribution in [2.45, 2.75) is 41.5 Å². The number of rotatable bonds is 4. The molecule has 0 nitrogen and oxygen atoms in total. The zero-order valence-electron chi connectivity index (χ0n) is 13.3. The van der Waals surface area contributed by atoms with Crippen LogP contribution in [0.15, 0.2) is 59.3 Å². The predicted molar refractivity (Wildman–Crippen MR) is 87.0 cm³/mol. The first-order chi connectivity index (χ1) is 8.97. The van der Waals surface area contributed by atoms with Crippen molar-refractivity contribution in [2.24, 2.45) is 17.8 Å². The summed E-state index contributed by atoms with van der Waals surface area (Å²) in [5.41, 5.74) is 5.66. The highest BCUT2D eigenvalue weighted by Crippen LogP contribution is 2.38. The van der Waals surface area contributed by atoms with Crippen LogP contribution in [0, 0.1) is 17.8 Å². The van der Waals surface area contributed by atoms with Gasteiger partial charge in [-0.15, -0.1) is 0 Å². The molecule has 19 heavy (non-hydrogen) atoms. The average molecular weight is 256 g/mol. The standard InChI is InChI=1S/C19H28/c1-8-17(9-2)18(10-3)16(7)19-12-11-13(4)14(5)15(19)6/h8-12,14-16H,1H2,2-7H3. The van der Waals surface area contributed by atoms with Gasteiger partial charge in [-0.05, 0) is 43.8 Å². The van der Waals surface area contributed by atoms with Gasteiger partial charge in [-0.25, -0.2) is 0 Å². The fraction of sp³-hybridized carbons (Fsp3) is 0.474. The quantitative estimate of drug-likeness (QED) is 0.553. The first-order valence-corrected chi connectivity index (χ1v) is 7.31. The van der Waals surface area contributed by atoms with Gasteiger partial charge in [-0.3, -0.25) is 0 Å². The van der Waals surface area contributed by atoms with Crippen molar-refractivity contribution in [3.05, 3.63) is 59.3 Å². The summed E-state index contributed by atoms with van der Waals surface area (Å²) >= 11 is 0. The molecule has 104 valence electrons. The first kappa shape index (κ1) is 15.8. The smallest absolute Gasteiger partial charge is 0.00283 e. The third-order valence-corrected chi connectivity index (χ3v) is 4.67. The Morgan fingerprint density at radius 3 is 2.26 bits per heavy atom. The van der Waals surface area contributed by atoms with Gasteiger partial charge in [0.05, 0.1) is 0 Å². The van der Waals surface area contributed by atoms with Gasteiger partial charge < -0.3 is 0 Å². The van der Waals surface area contributed by atoms with E-state index in [1.54, 1.807) is 0 Å². The molecule has 0 aliphatic heterocycles. The van der Waals surface area contributed by atoms with Gasteiger partial charge >= 0.3 is 0 Å². The second-order valence-corrected chi connectivity index (χ2v) is 5.57. The molecule has 0 radical (unpaired) electrons. The van der Waals surface area contributed by atoms with Gasteiger partial charge in [-0.1, -0.05) is 68.9 Å². The lowest BCUT2D eigenvalue weighted by atomic mass is 9.73. The molecule has 0 amide bonds. The Bertz CT molecular complexity index is 454. The van der Waals surface area contributed by atoms with Gasteiger partial charge in [-0.2, -0.15) is 0 Å². The maximum absolute atomic E-state index is 3.93. The normalized spacial score (nSPS) is 26.6. The Hall–Kier alpha value is -1.30. The molecule has 0 heterocycles. The third kappa shape index (κ3) is 3.18. The van der Waals surface area contributed by atoms with Crippen LogP contribution in [0.3, 0.4) is 0 Å². The molecule has 0 aromatic carbocycles. The van der Waals surface area contributed by atoms with E-state index in [0.717, 1.165) is 0 Å². The molecule has 1 rings (SSSR count). The Morgan fingerprint density at radius 2 is 1.79 bits per heavy atom. The Labute approximate surface area is 119 Å². The van der Waals surface area contributed by atoms with Crippen molar-refractivity contribution in [2.75, 3.05) is 0 Å². The zero-order valence-corrected chi connectivity index (χ0v) is 13.3. The number of hydrogen-bond acceptors (Lipinski definition) is 0.